The number of esters is 3. The highest BCUT2D eigenvalue weighted by molar-refractivity contribution is 6.32. The third-order valence-corrected chi connectivity index (χ3v) is 12.1. The monoisotopic (exact) mass is 732 g/mol. The van der Waals surface area contributed by atoms with Crippen molar-refractivity contribution >= 4 is 23.8 Å². The maximum Gasteiger partial charge on any atom is 0.397 e. The average Bonchev–Trinajstić information content (AvgIpc) is 3.74. The van der Waals surface area contributed by atoms with Crippen LogP contribution in [-0.2, 0) is 39.8 Å². The molecule has 2 aromatic rings. The molecule has 1 aromatic heterocycles. The van der Waals surface area contributed by atoms with Crippen LogP contribution >= 0.6 is 0 Å². The van der Waals surface area contributed by atoms with Gasteiger partial charge in [0.05, 0.1) is 11.7 Å². The number of aliphatic hydroxyl groups is 2. The molecule has 53 heavy (non-hydrogen) atoms. The Balaban J connectivity index is 1.17. The van der Waals surface area contributed by atoms with Crippen molar-refractivity contribution in [2.24, 2.45) is 41.4 Å². The van der Waals surface area contributed by atoms with E-state index in [1.54, 1.807) is 32.2 Å². The third kappa shape index (κ3) is 7.46. The van der Waals surface area contributed by atoms with E-state index in [0.717, 1.165) is 12.8 Å². The van der Waals surface area contributed by atoms with Crippen LogP contribution in [0.5, 0.6) is 0 Å². The number of aromatic amines is 1. The summed E-state index contributed by atoms with van der Waals surface area (Å²) in [5.41, 5.74) is 0.647. The molecule has 1 aliphatic heterocycles. The largest absolute Gasteiger partial charge is 0.457 e. The molecule has 1 aromatic carbocycles. The summed E-state index contributed by atoms with van der Waals surface area (Å²) in [4.78, 5) is 55.0. The van der Waals surface area contributed by atoms with Gasteiger partial charge in [-0.15, -0.1) is 0 Å². The number of aromatic nitrogens is 1. The Morgan fingerprint density at radius 1 is 1.08 bits per heavy atom. The van der Waals surface area contributed by atoms with Gasteiger partial charge in [0.25, 0.3) is 0 Å². The number of amides is 1. The van der Waals surface area contributed by atoms with E-state index >= 15 is 0 Å². The van der Waals surface area contributed by atoms with Crippen molar-refractivity contribution in [2.75, 3.05) is 13.7 Å². The van der Waals surface area contributed by atoms with Crippen LogP contribution in [0.25, 0.3) is 0 Å². The average molecular weight is 733 g/mol. The minimum Gasteiger partial charge on any atom is -0.457 e. The second-order valence-corrected chi connectivity index (χ2v) is 15.3. The van der Waals surface area contributed by atoms with Crippen LogP contribution in [0.3, 0.4) is 0 Å². The van der Waals surface area contributed by atoms with Gasteiger partial charge < -0.3 is 39.5 Å². The fraction of sp³-hybridized carbons (Fsp3) is 0.561. The van der Waals surface area contributed by atoms with Crippen molar-refractivity contribution in [3.8, 4) is 0 Å². The van der Waals surface area contributed by atoms with E-state index in [4.69, 9.17) is 18.9 Å². The number of allylic oxidation sites excluding steroid dienone is 1. The highest BCUT2D eigenvalue weighted by Crippen LogP contribution is 2.66. The van der Waals surface area contributed by atoms with E-state index in [0.29, 0.717) is 24.2 Å². The number of hydrogen-bond donors (Lipinski definition) is 4. The highest BCUT2D eigenvalue weighted by Gasteiger charge is 2.71. The molecule has 12 nitrogen and oxygen atoms in total. The number of ether oxygens (including phenoxy) is 4. The predicted octanol–water partition coefficient (Wildman–Crippen LogP) is 3.93. The third-order valence-electron chi connectivity index (χ3n) is 12.1. The summed E-state index contributed by atoms with van der Waals surface area (Å²) < 4.78 is 23.1. The molecule has 0 radical (unpaired) electrons. The number of aliphatic hydroxyl groups excluding tert-OH is 1. The Hall–Kier alpha value is -4.26. The van der Waals surface area contributed by atoms with Crippen LogP contribution < -0.4 is 5.32 Å². The first-order valence-electron chi connectivity index (χ1n) is 18.7. The number of methoxy groups -OCH3 is 1. The highest BCUT2D eigenvalue weighted by atomic mass is 16.6. The van der Waals surface area contributed by atoms with Gasteiger partial charge in [0, 0.05) is 49.4 Å². The van der Waals surface area contributed by atoms with E-state index in [-0.39, 0.29) is 30.1 Å². The number of hydrogen-bond acceptors (Lipinski definition) is 10. The van der Waals surface area contributed by atoms with Crippen LogP contribution in [0.4, 0.5) is 0 Å². The molecule has 4 unspecified atom stereocenters. The second-order valence-electron chi connectivity index (χ2n) is 15.3. The van der Waals surface area contributed by atoms with Gasteiger partial charge >= 0.3 is 23.8 Å². The van der Waals surface area contributed by atoms with Gasteiger partial charge in [-0.05, 0) is 74.6 Å². The lowest BCUT2D eigenvalue weighted by Crippen LogP contribution is -2.65. The normalized spacial score (nSPS) is 36.2. The first-order valence-corrected chi connectivity index (χ1v) is 18.7. The molecular weight excluding hydrogens is 680 g/mol. The maximum atomic E-state index is 13.6. The van der Waals surface area contributed by atoms with Gasteiger partial charge in [-0.2, -0.15) is 0 Å². The fourth-order valence-corrected chi connectivity index (χ4v) is 9.40. The molecule has 2 fully saturated rings. The van der Waals surface area contributed by atoms with E-state index in [2.05, 4.69) is 10.3 Å². The van der Waals surface area contributed by atoms with E-state index < -0.39 is 77.7 Å². The van der Waals surface area contributed by atoms with Gasteiger partial charge in [-0.3, -0.25) is 4.79 Å². The van der Waals surface area contributed by atoms with Crippen LogP contribution in [0.15, 0.2) is 72.5 Å². The number of cyclic esters (lactones) is 1. The number of unbranched alkanes of at least 4 members (excludes halogenated alkanes) is 1. The summed E-state index contributed by atoms with van der Waals surface area (Å²) in [7, 11) is 1.39. The van der Waals surface area contributed by atoms with E-state index in [1.165, 1.54) is 12.7 Å². The van der Waals surface area contributed by atoms with Crippen molar-refractivity contribution in [1.82, 2.24) is 10.3 Å². The number of fused-ring (bicyclic) bond motifs is 6. The molecule has 4 aliphatic rings. The number of aryl methyl sites for hydroxylation is 1. The molecule has 12 heteroatoms. The van der Waals surface area contributed by atoms with Crippen molar-refractivity contribution < 1.29 is 48.3 Å². The zero-order chi connectivity index (χ0) is 38.0. The smallest absolute Gasteiger partial charge is 0.397 e. The molecule has 6 rings (SSSR count). The molecule has 1 amide bonds. The minimum atomic E-state index is -1.49. The predicted molar refractivity (Wildman–Crippen MR) is 193 cm³/mol. The molecule has 0 spiro atoms. The molecule has 2 heterocycles. The molecule has 0 saturated heterocycles. The lowest BCUT2D eigenvalue weighted by Gasteiger charge is -2.61. The van der Waals surface area contributed by atoms with Crippen LogP contribution in [-0.4, -0.2) is 88.8 Å². The summed E-state index contributed by atoms with van der Waals surface area (Å²) in [6.07, 6.45) is 5.37. The topological polar surface area (TPSA) is 173 Å². The zero-order valence-corrected chi connectivity index (χ0v) is 31.0. The zero-order valence-electron chi connectivity index (χ0n) is 31.0. The molecule has 3 aliphatic carbocycles. The minimum absolute atomic E-state index is 0.0902. The summed E-state index contributed by atoms with van der Waals surface area (Å²) in [6.45, 7) is 7.35. The Kier molecular flexibility index (Phi) is 11.6. The van der Waals surface area contributed by atoms with Crippen LogP contribution in [0.2, 0.25) is 0 Å². The Bertz CT molecular complexity index is 1690. The number of carbonyl (C=O) groups is 4. The van der Waals surface area contributed by atoms with E-state index in [1.807, 2.05) is 62.4 Å². The van der Waals surface area contributed by atoms with Crippen molar-refractivity contribution in [2.45, 2.75) is 89.5 Å². The molecule has 13 atom stereocenters. The first kappa shape index (κ1) is 38.5. The summed E-state index contributed by atoms with van der Waals surface area (Å²) in [5.74, 6) is -5.87. The molecule has 286 valence electrons. The van der Waals surface area contributed by atoms with E-state index in [9.17, 15) is 29.4 Å². The molecule has 2 saturated carbocycles. The Labute approximate surface area is 310 Å². The van der Waals surface area contributed by atoms with Crippen molar-refractivity contribution in [3.63, 3.8) is 0 Å². The number of carbonyl (C=O) groups excluding carboxylic acids is 4. The number of H-pyrrole nitrogens is 1. The van der Waals surface area contributed by atoms with Crippen LogP contribution in [0.1, 0.15) is 63.0 Å². The number of nitrogens with one attached hydrogen (secondary N) is 2. The van der Waals surface area contributed by atoms with Gasteiger partial charge in [-0.25, -0.2) is 14.4 Å². The summed E-state index contributed by atoms with van der Waals surface area (Å²) in [6, 6.07) is 13.4. The molecular formula is C41H52N2O10. The SMILES string of the molecule is CO[C@H]1C[C@H]2C=CC3C(C4[C@H]3[C@H](OC(=O)c3ccc[nH]3)[C@H](C)[C@H]4O)[C@]2(O)/C(C)=C/[C@@H](C)C([C@@H](C)OC(=O)C(=O)NCCCCc2ccccc2)OC1=O. The van der Waals surface area contributed by atoms with Gasteiger partial charge in [0.15, 0.2) is 6.10 Å². The first-order chi connectivity index (χ1) is 25.4. The lowest BCUT2D eigenvalue weighted by atomic mass is 9.46. The molecule has 4 N–H and O–H groups in total. The fourth-order valence-electron chi connectivity index (χ4n) is 9.40. The van der Waals surface area contributed by atoms with Crippen molar-refractivity contribution in [1.29, 1.82) is 0 Å². The lowest BCUT2D eigenvalue weighted by molar-refractivity contribution is -0.189. The molecule has 0 bridgehead atoms. The van der Waals surface area contributed by atoms with Gasteiger partial charge in [0.2, 0.25) is 0 Å². The Morgan fingerprint density at radius 3 is 2.53 bits per heavy atom. The summed E-state index contributed by atoms with van der Waals surface area (Å²) >= 11 is 0. The van der Waals surface area contributed by atoms with Gasteiger partial charge in [-0.1, -0.05) is 62.4 Å². The number of rotatable bonds is 10. The van der Waals surface area contributed by atoms with Gasteiger partial charge in [0.1, 0.15) is 24.0 Å². The maximum absolute atomic E-state index is 13.6. The van der Waals surface area contributed by atoms with Crippen LogP contribution in [0, 0.1) is 41.4 Å². The summed E-state index contributed by atoms with van der Waals surface area (Å²) in [5, 5.41) is 27.1. The number of benzene rings is 1. The second kappa shape index (κ2) is 16.0. The quantitative estimate of drug-likeness (QED) is 0.0922. The Morgan fingerprint density at radius 2 is 1.83 bits per heavy atom. The van der Waals surface area contributed by atoms with Crippen molar-refractivity contribution in [3.05, 3.63) is 83.7 Å². The standard InChI is InChI=1S/C41H52N2O10/c1-22-20-23(2)41(49)27(16-17-28-31-32(33(28)41)34(44)24(3)36(31)53-38(46)29-15-11-19-42-29)21-30(50-5)39(47)52-35(22)25(4)51-40(48)37(45)43-18-10-9-14-26-12-7-6-8-13-26/h6-8,11-13,15-17,19-20,22,24-25,27-28,30-36,42,44,49H,9-10,14,18,21H2,1-5H3,(H,43,45)/b23-20+/t22-,24-,25-,27-,28?,30+,31+,32?,33?,34-,35?,36-,41+/m1/s1.